The number of carbonyl (C=O) groups excluding carboxylic acids is 3. The largest absolute Gasteiger partial charge is 0.444 e. The third-order valence-corrected chi connectivity index (χ3v) is 6.58. The lowest BCUT2D eigenvalue weighted by molar-refractivity contribution is -0.130. The Balaban J connectivity index is 2.03. The van der Waals surface area contributed by atoms with Crippen molar-refractivity contribution in [3.05, 3.63) is 0 Å². The van der Waals surface area contributed by atoms with E-state index in [1.807, 2.05) is 0 Å². The Hall–Kier alpha value is -0.910. The topological polar surface area (TPSA) is 79.0 Å². The van der Waals surface area contributed by atoms with E-state index in [1.54, 1.807) is 25.7 Å². The number of nitrogens with one attached hydrogen (secondary N) is 1. The van der Waals surface area contributed by atoms with Crippen molar-refractivity contribution >= 4 is 74.5 Å². The van der Waals surface area contributed by atoms with Crippen molar-refractivity contribution in [3.8, 4) is 0 Å². The van der Waals surface area contributed by atoms with Crippen LogP contribution in [-0.4, -0.2) is 72.6 Å². The zero-order valence-corrected chi connectivity index (χ0v) is 18.7. The quantitative estimate of drug-likeness (QED) is 0.641. The van der Waals surface area contributed by atoms with E-state index in [0.717, 1.165) is 11.5 Å². The molecule has 0 spiro atoms. The van der Waals surface area contributed by atoms with E-state index in [2.05, 4.69) is 5.32 Å². The number of hydrogen-bond donors (Lipinski definition) is 1. The maximum atomic E-state index is 12.9. The highest BCUT2D eigenvalue weighted by atomic mass is 32.2. The molecule has 1 N–H and O–H groups in total. The zero-order valence-electron chi connectivity index (χ0n) is 15.5. The maximum absolute atomic E-state index is 12.9. The number of rotatable bonds is 5. The van der Waals surface area contributed by atoms with Gasteiger partial charge in [-0.2, -0.15) is 0 Å². The summed E-state index contributed by atoms with van der Waals surface area (Å²) in [6, 6.07) is -0.885. The third-order valence-electron chi connectivity index (χ3n) is 3.72. The Morgan fingerprint density at radius 3 is 2.15 bits per heavy atom. The SMILES string of the molecule is CC(C)(C)OC(=O)NC(CCC(=O)N1CCSC1=S)C(=O)N1CCSC1=S. The summed E-state index contributed by atoms with van der Waals surface area (Å²) in [6.07, 6.45) is -0.441. The van der Waals surface area contributed by atoms with Gasteiger partial charge in [-0.25, -0.2) is 4.79 Å². The fraction of sp³-hybridized carbons (Fsp3) is 0.688. The number of alkyl carbamates (subject to hydrolysis) is 1. The molecule has 1 unspecified atom stereocenters. The molecule has 2 saturated heterocycles. The second kappa shape index (κ2) is 9.53. The fourth-order valence-electron chi connectivity index (χ4n) is 2.51. The normalized spacial score (nSPS) is 18.6. The van der Waals surface area contributed by atoms with Gasteiger partial charge < -0.3 is 10.1 Å². The summed E-state index contributed by atoms with van der Waals surface area (Å²) in [6.45, 7) is 6.30. The Bertz CT molecular complexity index is 650. The number of hydrogen-bond acceptors (Lipinski definition) is 8. The van der Waals surface area contributed by atoms with Crippen LogP contribution in [-0.2, 0) is 14.3 Å². The number of thioether (sulfide) groups is 2. The Kier molecular flexibility index (Phi) is 7.90. The minimum atomic E-state index is -0.885. The molecular weight excluding hydrogens is 426 g/mol. The highest BCUT2D eigenvalue weighted by Crippen LogP contribution is 2.22. The number of ether oxygens (including phenoxy) is 1. The molecule has 0 saturated carbocycles. The first-order valence-electron chi connectivity index (χ1n) is 8.53. The highest BCUT2D eigenvalue weighted by Gasteiger charge is 2.33. The number of amides is 3. The maximum Gasteiger partial charge on any atom is 0.408 e. The number of carbonyl (C=O) groups is 3. The minimum absolute atomic E-state index is 0.0979. The number of nitrogens with zero attached hydrogens (tertiary/aromatic N) is 2. The molecule has 2 aliphatic heterocycles. The van der Waals surface area contributed by atoms with Gasteiger partial charge in [0.05, 0.1) is 0 Å². The van der Waals surface area contributed by atoms with Crippen molar-refractivity contribution in [1.29, 1.82) is 0 Å². The molecule has 0 aromatic rings. The van der Waals surface area contributed by atoms with Crippen molar-refractivity contribution in [3.63, 3.8) is 0 Å². The smallest absolute Gasteiger partial charge is 0.408 e. The third kappa shape index (κ3) is 6.58. The summed E-state index contributed by atoms with van der Waals surface area (Å²) in [5.74, 6) is 1.04. The van der Waals surface area contributed by atoms with Gasteiger partial charge in [0.2, 0.25) is 5.91 Å². The summed E-state index contributed by atoms with van der Waals surface area (Å²) in [4.78, 5) is 40.4. The van der Waals surface area contributed by atoms with Gasteiger partial charge in [0.15, 0.2) is 0 Å². The molecule has 150 valence electrons. The van der Waals surface area contributed by atoms with Gasteiger partial charge in [-0.15, -0.1) is 0 Å². The summed E-state index contributed by atoms with van der Waals surface area (Å²) in [7, 11) is 0. The average Bonchev–Trinajstić information content (AvgIpc) is 3.17. The first-order chi connectivity index (χ1) is 12.6. The second-order valence-electron chi connectivity index (χ2n) is 7.00. The Labute approximate surface area is 178 Å². The molecule has 2 heterocycles. The van der Waals surface area contributed by atoms with Crippen LogP contribution in [0.4, 0.5) is 4.79 Å². The minimum Gasteiger partial charge on any atom is -0.444 e. The molecule has 3 amide bonds. The Morgan fingerprint density at radius 2 is 1.67 bits per heavy atom. The summed E-state index contributed by atoms with van der Waals surface area (Å²) < 4.78 is 6.29. The molecule has 0 aromatic carbocycles. The van der Waals surface area contributed by atoms with E-state index in [-0.39, 0.29) is 24.7 Å². The van der Waals surface area contributed by atoms with Crippen molar-refractivity contribution < 1.29 is 19.1 Å². The van der Waals surface area contributed by atoms with E-state index in [4.69, 9.17) is 29.2 Å². The first kappa shape index (κ1) is 22.4. The number of thiocarbonyl (C=S) groups is 2. The van der Waals surface area contributed by atoms with Crippen LogP contribution < -0.4 is 5.32 Å². The van der Waals surface area contributed by atoms with Crippen molar-refractivity contribution in [2.75, 3.05) is 24.6 Å². The van der Waals surface area contributed by atoms with E-state index in [1.165, 1.54) is 28.4 Å². The molecule has 1 atom stereocenters. The van der Waals surface area contributed by atoms with E-state index in [9.17, 15) is 14.4 Å². The van der Waals surface area contributed by atoms with Crippen LogP contribution in [0, 0.1) is 0 Å². The monoisotopic (exact) mass is 449 g/mol. The van der Waals surface area contributed by atoms with Gasteiger partial charge in [0.1, 0.15) is 20.3 Å². The molecule has 0 aliphatic carbocycles. The van der Waals surface area contributed by atoms with Gasteiger partial charge in [0, 0.05) is 31.0 Å². The lowest BCUT2D eigenvalue weighted by Gasteiger charge is -2.26. The zero-order chi connectivity index (χ0) is 20.2. The predicted molar refractivity (Wildman–Crippen MR) is 116 cm³/mol. The average molecular weight is 450 g/mol. The summed E-state index contributed by atoms with van der Waals surface area (Å²) in [5.41, 5.74) is -0.689. The molecule has 2 rings (SSSR count). The van der Waals surface area contributed by atoms with Gasteiger partial charge in [0.25, 0.3) is 5.91 Å². The van der Waals surface area contributed by atoms with Crippen LogP contribution in [0.15, 0.2) is 0 Å². The van der Waals surface area contributed by atoms with Crippen LogP contribution >= 0.6 is 48.0 Å². The molecular formula is C16H23N3O4S4. The van der Waals surface area contributed by atoms with Crippen LogP contribution in [0.1, 0.15) is 33.6 Å². The standard InChI is InChI=1S/C16H23N3O4S4/c1-16(2,3)23-13(22)17-10(12(21)19-7-9-27-15(19)25)4-5-11(20)18-6-8-26-14(18)24/h10H,4-9H2,1-3H3,(H,17,22). The van der Waals surface area contributed by atoms with Gasteiger partial charge in [-0.1, -0.05) is 48.0 Å². The molecule has 2 aliphatic rings. The van der Waals surface area contributed by atoms with E-state index >= 15 is 0 Å². The summed E-state index contributed by atoms with van der Waals surface area (Å²) >= 11 is 13.3. The highest BCUT2D eigenvalue weighted by molar-refractivity contribution is 8.23. The van der Waals surface area contributed by atoms with Crippen LogP contribution in [0.25, 0.3) is 0 Å². The van der Waals surface area contributed by atoms with Gasteiger partial charge in [-0.05, 0) is 27.2 Å². The van der Waals surface area contributed by atoms with Crippen LogP contribution in [0.2, 0.25) is 0 Å². The lowest BCUT2D eigenvalue weighted by atomic mass is 10.1. The second-order valence-corrected chi connectivity index (χ2v) is 10.5. The van der Waals surface area contributed by atoms with E-state index < -0.39 is 17.7 Å². The fourth-order valence-corrected chi connectivity index (χ4v) is 4.97. The first-order valence-corrected chi connectivity index (χ1v) is 11.3. The van der Waals surface area contributed by atoms with Crippen molar-refractivity contribution in [2.24, 2.45) is 0 Å². The molecule has 7 nitrogen and oxygen atoms in total. The predicted octanol–water partition coefficient (Wildman–Crippen LogP) is 2.38. The molecule has 0 radical (unpaired) electrons. The van der Waals surface area contributed by atoms with Crippen LogP contribution in [0.5, 0.6) is 0 Å². The van der Waals surface area contributed by atoms with Gasteiger partial charge in [-0.3, -0.25) is 19.4 Å². The van der Waals surface area contributed by atoms with Gasteiger partial charge >= 0.3 is 6.09 Å². The van der Waals surface area contributed by atoms with Crippen molar-refractivity contribution in [2.45, 2.75) is 45.3 Å². The molecule has 11 heteroatoms. The van der Waals surface area contributed by atoms with Crippen molar-refractivity contribution in [1.82, 2.24) is 15.1 Å². The van der Waals surface area contributed by atoms with E-state index in [0.29, 0.717) is 21.7 Å². The molecule has 2 fully saturated rings. The Morgan fingerprint density at radius 1 is 1.11 bits per heavy atom. The lowest BCUT2D eigenvalue weighted by Crippen LogP contribution is -2.50. The molecule has 27 heavy (non-hydrogen) atoms. The summed E-state index contributed by atoms with van der Waals surface area (Å²) in [5, 5.41) is 2.60. The molecule has 0 bridgehead atoms. The van der Waals surface area contributed by atoms with Crippen LogP contribution in [0.3, 0.4) is 0 Å². The molecule has 0 aromatic heterocycles.